The van der Waals surface area contributed by atoms with Crippen molar-refractivity contribution in [3.63, 3.8) is 0 Å². The van der Waals surface area contributed by atoms with E-state index < -0.39 is 15.5 Å². The maximum Gasteiger partial charge on any atom is 0.511 e. The minimum atomic E-state index is -5.23. The summed E-state index contributed by atoms with van der Waals surface area (Å²) >= 11 is 0. The molecule has 172 valence electrons. The van der Waals surface area contributed by atoms with Crippen molar-refractivity contribution in [3.05, 3.63) is 0 Å². The number of likely N-dealkylation sites (tertiary alicyclic amines) is 1. The van der Waals surface area contributed by atoms with Crippen LogP contribution in [-0.4, -0.2) is 80.9 Å². The van der Waals surface area contributed by atoms with Gasteiger partial charge in [0.05, 0.1) is 0 Å². The Labute approximate surface area is 188 Å². The first kappa shape index (κ1) is 26.7. The molecule has 2 heterocycles. The fourth-order valence-electron chi connectivity index (χ4n) is 3.73. The van der Waals surface area contributed by atoms with Gasteiger partial charge in [-0.3, -0.25) is 9.89 Å². The summed E-state index contributed by atoms with van der Waals surface area (Å²) in [4.78, 5) is 6.66. The smallest absolute Gasteiger partial charge is 0.356 e. The Morgan fingerprint density at radius 3 is 2.24 bits per heavy atom. The number of piperidine rings is 1. The van der Waals surface area contributed by atoms with Crippen LogP contribution in [0.3, 0.4) is 0 Å². The molecule has 0 aromatic heterocycles. The molecular weight excluding hydrogens is 522 g/mol. The van der Waals surface area contributed by atoms with Gasteiger partial charge in [-0.1, -0.05) is 6.92 Å². The van der Waals surface area contributed by atoms with Crippen LogP contribution >= 0.6 is 24.0 Å². The van der Waals surface area contributed by atoms with Crippen molar-refractivity contribution in [2.24, 2.45) is 16.8 Å². The molecule has 2 saturated heterocycles. The third kappa shape index (κ3) is 6.82. The summed E-state index contributed by atoms with van der Waals surface area (Å²) in [6.45, 7) is 8.85. The zero-order valence-electron chi connectivity index (χ0n) is 17.4. The molecule has 0 amide bonds. The number of alkyl halides is 3. The van der Waals surface area contributed by atoms with E-state index >= 15 is 0 Å². The number of rotatable bonds is 5. The molecule has 2 unspecified atom stereocenters. The van der Waals surface area contributed by atoms with Gasteiger partial charge in [0.15, 0.2) is 5.96 Å². The topological polar surface area (TPSA) is 77.0 Å². The summed E-state index contributed by atoms with van der Waals surface area (Å²) in [5.74, 6) is 1.26. The summed E-state index contributed by atoms with van der Waals surface area (Å²) in [5.41, 5.74) is -5.23. The van der Waals surface area contributed by atoms with E-state index in [0.29, 0.717) is 41.6 Å². The number of guanidine groups is 1. The van der Waals surface area contributed by atoms with Gasteiger partial charge in [0.1, 0.15) is 0 Å². The van der Waals surface area contributed by atoms with Gasteiger partial charge in [0.25, 0.3) is 0 Å². The van der Waals surface area contributed by atoms with E-state index in [0.717, 1.165) is 13.1 Å². The van der Waals surface area contributed by atoms with E-state index in [9.17, 15) is 21.6 Å². The van der Waals surface area contributed by atoms with Gasteiger partial charge in [-0.15, -0.1) is 24.0 Å². The Hall–Kier alpha value is -0.340. The second kappa shape index (κ2) is 10.8. The molecule has 0 spiro atoms. The largest absolute Gasteiger partial charge is 0.511 e. The fourth-order valence-corrected chi connectivity index (χ4v) is 4.71. The van der Waals surface area contributed by atoms with E-state index in [1.807, 2.05) is 0 Å². The molecule has 0 aromatic rings. The number of hydrogen-bond donors (Lipinski definition) is 2. The van der Waals surface area contributed by atoms with Crippen molar-refractivity contribution in [2.45, 2.75) is 51.2 Å². The van der Waals surface area contributed by atoms with Crippen molar-refractivity contribution in [3.8, 4) is 0 Å². The predicted molar refractivity (Wildman–Crippen MR) is 119 cm³/mol. The van der Waals surface area contributed by atoms with Crippen molar-refractivity contribution in [2.75, 3.05) is 39.8 Å². The molecule has 2 rings (SSSR count). The van der Waals surface area contributed by atoms with Gasteiger partial charge in [0.2, 0.25) is 0 Å². The number of sulfonamides is 1. The van der Waals surface area contributed by atoms with Crippen molar-refractivity contribution >= 4 is 40.0 Å². The van der Waals surface area contributed by atoms with E-state index in [1.54, 1.807) is 7.05 Å². The summed E-state index contributed by atoms with van der Waals surface area (Å²) < 4.78 is 61.4. The Balaban J connectivity index is 0.00000420. The quantitative estimate of drug-likeness (QED) is 0.309. The summed E-state index contributed by atoms with van der Waals surface area (Å²) in [5, 5.41) is 6.68. The standard InChI is InChI=1S/C17H32F3N5O2S.HI/c1-12(2)24-10-13(3)15(11-24)23-16(21-4)22-9-14-5-7-25(8-6-14)28(26,27)17(18,19)20;/h12-15H,5-11H2,1-4H3,(H2,21,22,23);1H. The third-order valence-electron chi connectivity index (χ3n) is 5.68. The zero-order valence-corrected chi connectivity index (χ0v) is 20.5. The molecule has 12 heteroatoms. The van der Waals surface area contributed by atoms with Crippen LogP contribution in [0.15, 0.2) is 4.99 Å². The SMILES string of the molecule is CN=C(NCC1CCN(S(=O)(=O)C(F)(F)F)CC1)NC1CN(C(C)C)CC1C.I. The Bertz CT molecular complexity index is 652. The lowest BCUT2D eigenvalue weighted by Crippen LogP contribution is -2.49. The molecule has 29 heavy (non-hydrogen) atoms. The maximum absolute atomic E-state index is 12.6. The molecule has 0 aromatic carbocycles. The van der Waals surface area contributed by atoms with Crippen LogP contribution in [0.2, 0.25) is 0 Å². The third-order valence-corrected chi connectivity index (χ3v) is 7.31. The molecule has 0 bridgehead atoms. The number of halogens is 4. The van der Waals surface area contributed by atoms with Gasteiger partial charge < -0.3 is 10.6 Å². The number of nitrogens with one attached hydrogen (secondary N) is 2. The molecule has 2 aliphatic rings. The second-order valence-corrected chi connectivity index (χ2v) is 9.95. The van der Waals surface area contributed by atoms with Crippen LogP contribution < -0.4 is 10.6 Å². The van der Waals surface area contributed by atoms with Crippen molar-refractivity contribution in [1.82, 2.24) is 19.8 Å². The lowest BCUT2D eigenvalue weighted by Gasteiger charge is -2.32. The van der Waals surface area contributed by atoms with E-state index in [1.165, 1.54) is 0 Å². The second-order valence-electron chi connectivity index (χ2n) is 8.02. The number of nitrogens with zero attached hydrogens (tertiary/aromatic N) is 3. The van der Waals surface area contributed by atoms with Crippen LogP contribution in [0, 0.1) is 11.8 Å². The van der Waals surface area contributed by atoms with E-state index in [-0.39, 0.29) is 49.0 Å². The fraction of sp³-hybridized carbons (Fsp3) is 0.941. The number of aliphatic imine (C=N–C) groups is 1. The Morgan fingerprint density at radius 2 is 1.79 bits per heavy atom. The van der Waals surface area contributed by atoms with Gasteiger partial charge in [0, 0.05) is 51.9 Å². The van der Waals surface area contributed by atoms with Gasteiger partial charge in [-0.25, -0.2) is 8.42 Å². The molecular formula is C17H33F3IN5O2S. The molecule has 2 fully saturated rings. The molecule has 2 N–H and O–H groups in total. The Kier molecular flexibility index (Phi) is 9.94. The van der Waals surface area contributed by atoms with Crippen LogP contribution in [0.5, 0.6) is 0 Å². The lowest BCUT2D eigenvalue weighted by molar-refractivity contribution is -0.0496. The molecule has 2 atom stereocenters. The van der Waals surface area contributed by atoms with Crippen LogP contribution in [0.1, 0.15) is 33.6 Å². The molecule has 0 aliphatic carbocycles. The average molecular weight is 555 g/mol. The summed E-state index contributed by atoms with van der Waals surface area (Å²) in [7, 11) is -3.53. The van der Waals surface area contributed by atoms with E-state index in [2.05, 4.69) is 41.3 Å². The maximum atomic E-state index is 12.6. The van der Waals surface area contributed by atoms with E-state index in [4.69, 9.17) is 0 Å². The highest BCUT2D eigenvalue weighted by Gasteiger charge is 2.50. The van der Waals surface area contributed by atoms with Crippen LogP contribution in [0.25, 0.3) is 0 Å². The minimum Gasteiger partial charge on any atom is -0.356 e. The molecule has 0 saturated carbocycles. The normalized spacial score (nSPS) is 25.9. The first-order valence-corrected chi connectivity index (χ1v) is 11.2. The average Bonchev–Trinajstić information content (AvgIpc) is 2.99. The zero-order chi connectivity index (χ0) is 21.1. The Morgan fingerprint density at radius 1 is 1.21 bits per heavy atom. The highest BCUT2D eigenvalue weighted by atomic mass is 127. The molecule has 7 nitrogen and oxygen atoms in total. The van der Waals surface area contributed by atoms with Crippen LogP contribution in [0.4, 0.5) is 13.2 Å². The number of hydrogen-bond acceptors (Lipinski definition) is 4. The predicted octanol–water partition coefficient (Wildman–Crippen LogP) is 2.06. The highest BCUT2D eigenvalue weighted by Crippen LogP contribution is 2.30. The lowest BCUT2D eigenvalue weighted by atomic mass is 9.98. The molecule has 0 radical (unpaired) electrons. The first-order valence-electron chi connectivity index (χ1n) is 9.73. The van der Waals surface area contributed by atoms with Crippen molar-refractivity contribution < 1.29 is 21.6 Å². The monoisotopic (exact) mass is 555 g/mol. The van der Waals surface area contributed by atoms with Gasteiger partial charge in [-0.05, 0) is 38.5 Å². The van der Waals surface area contributed by atoms with Gasteiger partial charge in [-0.2, -0.15) is 17.5 Å². The first-order chi connectivity index (χ1) is 13.0. The molecule has 2 aliphatic heterocycles. The summed E-state index contributed by atoms with van der Waals surface area (Å²) in [6, 6.07) is 0.773. The highest BCUT2D eigenvalue weighted by molar-refractivity contribution is 14.0. The minimum absolute atomic E-state index is 0. The van der Waals surface area contributed by atoms with Crippen LogP contribution in [-0.2, 0) is 10.0 Å². The summed E-state index contributed by atoms with van der Waals surface area (Å²) in [6.07, 6.45) is 0.778. The van der Waals surface area contributed by atoms with Crippen molar-refractivity contribution in [1.29, 1.82) is 0 Å². The van der Waals surface area contributed by atoms with Gasteiger partial charge >= 0.3 is 15.5 Å².